The number of anilines is 2. The first-order valence-corrected chi connectivity index (χ1v) is 11.4. The van der Waals surface area contributed by atoms with Crippen LogP contribution in [0.15, 0.2) is 35.3 Å². The van der Waals surface area contributed by atoms with E-state index in [2.05, 4.69) is 25.1 Å². The lowest BCUT2D eigenvalue weighted by Gasteiger charge is -2.36. The lowest BCUT2D eigenvalue weighted by atomic mass is 10.2. The van der Waals surface area contributed by atoms with Crippen molar-refractivity contribution in [1.29, 1.82) is 0 Å². The maximum atomic E-state index is 12.5. The summed E-state index contributed by atoms with van der Waals surface area (Å²) in [4.78, 5) is 38.6. The van der Waals surface area contributed by atoms with Crippen LogP contribution in [0, 0.1) is 0 Å². The monoisotopic (exact) mass is 460 g/mol. The SMILES string of the molecule is O=C(NCCCN1CCOCC1)c1cnc(N2CCN(c3ccccc3Cl)CC2)[nH]c1=O. The number of morpholine rings is 1. The molecule has 9 nitrogen and oxygen atoms in total. The second kappa shape index (κ2) is 10.8. The molecule has 1 amide bonds. The summed E-state index contributed by atoms with van der Waals surface area (Å²) >= 11 is 6.30. The fourth-order valence-electron chi connectivity index (χ4n) is 4.00. The van der Waals surface area contributed by atoms with Crippen LogP contribution in [-0.2, 0) is 4.74 Å². The maximum absolute atomic E-state index is 12.5. The third-order valence-corrected chi connectivity index (χ3v) is 6.16. The molecule has 10 heteroatoms. The van der Waals surface area contributed by atoms with Crippen molar-refractivity contribution in [3.05, 3.63) is 51.4 Å². The molecule has 0 aliphatic carbocycles. The van der Waals surface area contributed by atoms with Crippen molar-refractivity contribution >= 4 is 29.1 Å². The average Bonchev–Trinajstić information content (AvgIpc) is 2.83. The fraction of sp³-hybridized carbons (Fsp3) is 0.500. The van der Waals surface area contributed by atoms with Gasteiger partial charge in [-0.05, 0) is 25.1 Å². The summed E-state index contributed by atoms with van der Waals surface area (Å²) in [5.41, 5.74) is 0.625. The Morgan fingerprint density at radius 2 is 1.81 bits per heavy atom. The van der Waals surface area contributed by atoms with Gasteiger partial charge in [-0.1, -0.05) is 23.7 Å². The number of rotatable bonds is 7. The minimum Gasteiger partial charge on any atom is -0.379 e. The van der Waals surface area contributed by atoms with Gasteiger partial charge in [0.15, 0.2) is 0 Å². The van der Waals surface area contributed by atoms with Crippen molar-refractivity contribution < 1.29 is 9.53 Å². The molecule has 0 unspecified atom stereocenters. The number of nitrogens with one attached hydrogen (secondary N) is 2. The zero-order chi connectivity index (χ0) is 22.3. The second-order valence-corrected chi connectivity index (χ2v) is 8.35. The first kappa shape index (κ1) is 22.6. The van der Waals surface area contributed by atoms with Gasteiger partial charge in [-0.15, -0.1) is 0 Å². The van der Waals surface area contributed by atoms with E-state index < -0.39 is 11.5 Å². The third-order valence-electron chi connectivity index (χ3n) is 5.84. The molecular formula is C22H29ClN6O3. The Balaban J connectivity index is 1.27. The Kier molecular flexibility index (Phi) is 7.62. The maximum Gasteiger partial charge on any atom is 0.265 e. The van der Waals surface area contributed by atoms with Gasteiger partial charge in [-0.25, -0.2) is 4.98 Å². The highest BCUT2D eigenvalue weighted by molar-refractivity contribution is 6.33. The Morgan fingerprint density at radius 1 is 1.09 bits per heavy atom. The molecule has 172 valence electrons. The van der Waals surface area contributed by atoms with Crippen LogP contribution < -0.4 is 20.7 Å². The van der Waals surface area contributed by atoms with Gasteiger partial charge in [0.05, 0.1) is 23.9 Å². The quantitative estimate of drug-likeness (QED) is 0.599. The minimum atomic E-state index is -0.422. The predicted molar refractivity (Wildman–Crippen MR) is 125 cm³/mol. The summed E-state index contributed by atoms with van der Waals surface area (Å²) in [6.07, 6.45) is 2.19. The number of aromatic nitrogens is 2. The van der Waals surface area contributed by atoms with Gasteiger partial charge in [-0.3, -0.25) is 19.5 Å². The number of nitrogens with zero attached hydrogens (tertiary/aromatic N) is 4. The molecule has 4 rings (SSSR count). The molecule has 0 atom stereocenters. The Hall–Kier alpha value is -2.62. The Labute approximate surface area is 192 Å². The van der Waals surface area contributed by atoms with E-state index in [9.17, 15) is 9.59 Å². The number of piperazine rings is 1. The first-order chi connectivity index (χ1) is 15.6. The van der Waals surface area contributed by atoms with Crippen LogP contribution in [0.4, 0.5) is 11.6 Å². The molecule has 1 aromatic carbocycles. The van der Waals surface area contributed by atoms with Crippen LogP contribution in [0.25, 0.3) is 0 Å². The lowest BCUT2D eigenvalue weighted by molar-refractivity contribution is 0.0374. The molecule has 3 heterocycles. The van der Waals surface area contributed by atoms with E-state index in [0.29, 0.717) is 25.6 Å². The van der Waals surface area contributed by atoms with Gasteiger partial charge in [0, 0.05) is 52.0 Å². The number of carbonyl (C=O) groups is 1. The molecule has 0 spiro atoms. The molecular weight excluding hydrogens is 432 g/mol. The Bertz CT molecular complexity index is 970. The van der Waals surface area contributed by atoms with Crippen molar-refractivity contribution in [3.63, 3.8) is 0 Å². The van der Waals surface area contributed by atoms with E-state index in [-0.39, 0.29) is 5.56 Å². The highest BCUT2D eigenvalue weighted by Gasteiger charge is 2.21. The number of amides is 1. The van der Waals surface area contributed by atoms with Crippen molar-refractivity contribution in [3.8, 4) is 0 Å². The number of para-hydroxylation sites is 1. The number of ether oxygens (including phenoxy) is 1. The standard InChI is InChI=1S/C22H29ClN6O3/c23-18-4-1-2-5-19(18)28-8-10-29(11-9-28)22-25-16-17(21(31)26-22)20(30)24-6-3-7-27-12-14-32-15-13-27/h1-2,4-5,16H,3,6-15H2,(H,24,30)(H,25,26,31). The number of hydrogen-bond donors (Lipinski definition) is 2. The van der Waals surface area contributed by atoms with E-state index in [1.165, 1.54) is 6.20 Å². The van der Waals surface area contributed by atoms with Gasteiger partial charge in [-0.2, -0.15) is 0 Å². The number of benzene rings is 1. The summed E-state index contributed by atoms with van der Waals surface area (Å²) in [5, 5.41) is 3.55. The van der Waals surface area contributed by atoms with Crippen molar-refractivity contribution in [2.75, 3.05) is 75.4 Å². The van der Waals surface area contributed by atoms with Gasteiger partial charge in [0.25, 0.3) is 11.5 Å². The molecule has 2 saturated heterocycles. The van der Waals surface area contributed by atoms with Gasteiger partial charge < -0.3 is 19.9 Å². The fourth-order valence-corrected chi connectivity index (χ4v) is 4.26. The summed E-state index contributed by atoms with van der Waals surface area (Å²) in [6.45, 7) is 7.69. The summed E-state index contributed by atoms with van der Waals surface area (Å²) in [6, 6.07) is 7.78. The summed E-state index contributed by atoms with van der Waals surface area (Å²) in [5.74, 6) is 0.0912. The highest BCUT2D eigenvalue weighted by atomic mass is 35.5. The second-order valence-electron chi connectivity index (χ2n) is 7.94. The van der Waals surface area contributed by atoms with Gasteiger partial charge >= 0.3 is 0 Å². The van der Waals surface area contributed by atoms with E-state index >= 15 is 0 Å². The van der Waals surface area contributed by atoms with E-state index in [1.54, 1.807) is 0 Å². The van der Waals surface area contributed by atoms with Crippen LogP contribution in [0.5, 0.6) is 0 Å². The van der Waals surface area contributed by atoms with Crippen LogP contribution in [0.2, 0.25) is 5.02 Å². The molecule has 0 bridgehead atoms. The van der Waals surface area contributed by atoms with Crippen LogP contribution in [0.3, 0.4) is 0 Å². The first-order valence-electron chi connectivity index (χ1n) is 11.0. The van der Waals surface area contributed by atoms with E-state index in [4.69, 9.17) is 16.3 Å². The lowest BCUT2D eigenvalue weighted by Crippen LogP contribution is -2.47. The summed E-state index contributed by atoms with van der Waals surface area (Å²) in [7, 11) is 0. The number of halogens is 1. The largest absolute Gasteiger partial charge is 0.379 e. The van der Waals surface area contributed by atoms with Crippen molar-refractivity contribution in [2.45, 2.75) is 6.42 Å². The molecule has 2 aliphatic heterocycles. The zero-order valence-corrected chi connectivity index (χ0v) is 18.8. The number of aromatic amines is 1. The Morgan fingerprint density at radius 3 is 2.53 bits per heavy atom. The number of carbonyl (C=O) groups excluding carboxylic acids is 1. The smallest absolute Gasteiger partial charge is 0.265 e. The van der Waals surface area contributed by atoms with Crippen LogP contribution in [-0.4, -0.2) is 86.3 Å². The third kappa shape index (κ3) is 5.59. The molecule has 0 radical (unpaired) electrons. The molecule has 2 aromatic rings. The molecule has 1 aromatic heterocycles. The normalized spacial score (nSPS) is 17.4. The topological polar surface area (TPSA) is 93.8 Å². The van der Waals surface area contributed by atoms with E-state index in [1.807, 2.05) is 29.2 Å². The number of hydrogen-bond acceptors (Lipinski definition) is 7. The predicted octanol–water partition coefficient (Wildman–Crippen LogP) is 1.20. The number of H-pyrrole nitrogens is 1. The van der Waals surface area contributed by atoms with Crippen LogP contribution >= 0.6 is 11.6 Å². The van der Waals surface area contributed by atoms with Crippen LogP contribution in [0.1, 0.15) is 16.8 Å². The molecule has 2 N–H and O–H groups in total. The van der Waals surface area contributed by atoms with Crippen molar-refractivity contribution in [1.82, 2.24) is 20.2 Å². The zero-order valence-electron chi connectivity index (χ0n) is 18.1. The molecule has 0 saturated carbocycles. The minimum absolute atomic E-state index is 0.0369. The van der Waals surface area contributed by atoms with Gasteiger partial charge in [0.1, 0.15) is 5.56 Å². The average molecular weight is 461 g/mol. The van der Waals surface area contributed by atoms with E-state index in [0.717, 1.165) is 63.1 Å². The summed E-state index contributed by atoms with van der Waals surface area (Å²) < 4.78 is 5.33. The molecule has 32 heavy (non-hydrogen) atoms. The highest BCUT2D eigenvalue weighted by Crippen LogP contribution is 2.26. The van der Waals surface area contributed by atoms with Gasteiger partial charge in [0.2, 0.25) is 5.95 Å². The molecule has 2 fully saturated rings. The van der Waals surface area contributed by atoms with Crippen molar-refractivity contribution in [2.24, 2.45) is 0 Å². The molecule has 2 aliphatic rings.